The number of amides is 1. The molecule has 0 saturated carbocycles. The molecule has 102 valence electrons. The summed E-state index contributed by atoms with van der Waals surface area (Å²) in [6, 6.07) is 6.23. The van der Waals surface area contributed by atoms with Crippen LogP contribution < -0.4 is 0 Å². The van der Waals surface area contributed by atoms with Crippen molar-refractivity contribution in [3.63, 3.8) is 0 Å². The van der Waals surface area contributed by atoms with Crippen LogP contribution in [0.15, 0.2) is 24.3 Å². The van der Waals surface area contributed by atoms with Crippen LogP contribution in [0, 0.1) is 0 Å². The minimum Gasteiger partial charge on any atom is -0.480 e. The largest absolute Gasteiger partial charge is 0.480 e. The van der Waals surface area contributed by atoms with Crippen LogP contribution in [0.5, 0.6) is 0 Å². The summed E-state index contributed by atoms with van der Waals surface area (Å²) >= 11 is 0. The Morgan fingerprint density at radius 2 is 2.05 bits per heavy atom. The van der Waals surface area contributed by atoms with Crippen molar-refractivity contribution in [2.75, 3.05) is 6.54 Å². The predicted octanol–water partition coefficient (Wildman–Crippen LogP) is 0.909. The van der Waals surface area contributed by atoms with E-state index in [0.717, 1.165) is 5.56 Å². The van der Waals surface area contributed by atoms with Gasteiger partial charge in [-0.1, -0.05) is 25.1 Å². The molecule has 1 fully saturated rings. The lowest BCUT2D eigenvalue weighted by atomic mass is 10.0. The second kappa shape index (κ2) is 5.40. The van der Waals surface area contributed by atoms with E-state index in [9.17, 15) is 14.7 Å². The van der Waals surface area contributed by atoms with E-state index in [4.69, 9.17) is 5.11 Å². The summed E-state index contributed by atoms with van der Waals surface area (Å²) < 4.78 is 0. The molecule has 0 aromatic heterocycles. The molecule has 0 unspecified atom stereocenters. The molecule has 1 aromatic rings. The van der Waals surface area contributed by atoms with E-state index in [1.807, 2.05) is 19.1 Å². The quantitative estimate of drug-likeness (QED) is 0.849. The van der Waals surface area contributed by atoms with Gasteiger partial charge in [-0.15, -0.1) is 0 Å². The summed E-state index contributed by atoms with van der Waals surface area (Å²) in [5.74, 6) is -1.39. The van der Waals surface area contributed by atoms with Gasteiger partial charge in [-0.3, -0.25) is 4.79 Å². The van der Waals surface area contributed by atoms with Gasteiger partial charge in [0.2, 0.25) is 0 Å². The second-order valence-electron chi connectivity index (χ2n) is 4.71. The number of likely N-dealkylation sites (tertiary alicyclic amines) is 1. The van der Waals surface area contributed by atoms with Crippen LogP contribution in [0.25, 0.3) is 0 Å². The molecular formula is C14H17NO4. The molecule has 1 aromatic carbocycles. The van der Waals surface area contributed by atoms with Gasteiger partial charge in [0.15, 0.2) is 0 Å². The monoisotopic (exact) mass is 263 g/mol. The van der Waals surface area contributed by atoms with E-state index in [1.165, 1.54) is 4.90 Å². The maximum atomic E-state index is 12.4. The summed E-state index contributed by atoms with van der Waals surface area (Å²) in [6.07, 6.45) is 0.0321. The number of aliphatic hydroxyl groups excluding tert-OH is 1. The highest BCUT2D eigenvalue weighted by Crippen LogP contribution is 2.22. The predicted molar refractivity (Wildman–Crippen MR) is 68.9 cm³/mol. The fraction of sp³-hybridized carbons (Fsp3) is 0.429. The van der Waals surface area contributed by atoms with Crippen molar-refractivity contribution in [3.8, 4) is 0 Å². The number of benzene rings is 1. The number of aryl methyl sites for hydroxylation is 1. The Balaban J connectivity index is 2.30. The first-order valence-electron chi connectivity index (χ1n) is 6.34. The van der Waals surface area contributed by atoms with E-state index < -0.39 is 18.1 Å². The van der Waals surface area contributed by atoms with E-state index in [2.05, 4.69) is 0 Å². The van der Waals surface area contributed by atoms with E-state index in [0.29, 0.717) is 12.0 Å². The lowest BCUT2D eigenvalue weighted by Crippen LogP contribution is -2.40. The maximum absolute atomic E-state index is 12.4. The van der Waals surface area contributed by atoms with Gasteiger partial charge in [-0.05, 0) is 18.1 Å². The van der Waals surface area contributed by atoms with Crippen LogP contribution in [-0.4, -0.2) is 45.7 Å². The van der Waals surface area contributed by atoms with Crippen LogP contribution in [0.1, 0.15) is 29.3 Å². The number of aliphatic carboxylic acids is 1. The molecule has 1 aliphatic heterocycles. The van der Waals surface area contributed by atoms with Crippen molar-refractivity contribution in [2.45, 2.75) is 31.9 Å². The third-order valence-corrected chi connectivity index (χ3v) is 3.45. The molecule has 2 rings (SSSR count). The number of nitrogens with zero attached hydrogens (tertiary/aromatic N) is 1. The Labute approximate surface area is 111 Å². The molecular weight excluding hydrogens is 246 g/mol. The molecule has 1 saturated heterocycles. The lowest BCUT2D eigenvalue weighted by molar-refractivity contribution is -0.141. The van der Waals surface area contributed by atoms with Gasteiger partial charge in [0.05, 0.1) is 6.10 Å². The molecule has 5 heteroatoms. The standard InChI is InChI=1S/C14H17NO4/c1-2-9-5-3-4-6-11(9)13(17)15-8-10(16)7-12(15)14(18)19/h3-6,10,12,16H,2,7-8H2,1H3,(H,18,19)/t10-,12-/m0/s1. The number of carboxylic acids is 1. The second-order valence-corrected chi connectivity index (χ2v) is 4.71. The lowest BCUT2D eigenvalue weighted by Gasteiger charge is -2.22. The van der Waals surface area contributed by atoms with Crippen molar-refractivity contribution >= 4 is 11.9 Å². The molecule has 1 amide bonds. The summed E-state index contributed by atoms with van der Waals surface area (Å²) in [4.78, 5) is 24.8. The number of β-amino-alcohol motifs (C(OH)–C–C–N with tert-alkyl or cyclic N) is 1. The van der Waals surface area contributed by atoms with Gasteiger partial charge < -0.3 is 15.1 Å². The summed E-state index contributed by atoms with van der Waals surface area (Å²) in [5, 5.41) is 18.7. The number of rotatable bonds is 3. The zero-order valence-electron chi connectivity index (χ0n) is 10.7. The molecule has 2 atom stereocenters. The first-order valence-corrected chi connectivity index (χ1v) is 6.34. The summed E-state index contributed by atoms with van der Waals surface area (Å²) in [7, 11) is 0. The smallest absolute Gasteiger partial charge is 0.326 e. The number of hydrogen-bond donors (Lipinski definition) is 2. The van der Waals surface area contributed by atoms with Crippen LogP contribution in [0.3, 0.4) is 0 Å². The normalized spacial score (nSPS) is 22.5. The molecule has 5 nitrogen and oxygen atoms in total. The van der Waals surface area contributed by atoms with Crippen molar-refractivity contribution in [1.82, 2.24) is 4.90 Å². The van der Waals surface area contributed by atoms with Crippen molar-refractivity contribution in [1.29, 1.82) is 0 Å². The summed E-state index contributed by atoms with van der Waals surface area (Å²) in [6.45, 7) is 2.02. The van der Waals surface area contributed by atoms with Gasteiger partial charge in [-0.2, -0.15) is 0 Å². The zero-order chi connectivity index (χ0) is 14.0. The minimum absolute atomic E-state index is 0.0772. The average molecular weight is 263 g/mol. The number of carbonyl (C=O) groups excluding carboxylic acids is 1. The van der Waals surface area contributed by atoms with Crippen molar-refractivity contribution in [3.05, 3.63) is 35.4 Å². The van der Waals surface area contributed by atoms with E-state index >= 15 is 0 Å². The molecule has 2 N–H and O–H groups in total. The molecule has 0 spiro atoms. The number of aliphatic hydroxyl groups is 1. The third kappa shape index (κ3) is 2.61. The minimum atomic E-state index is -1.07. The Morgan fingerprint density at radius 3 is 2.68 bits per heavy atom. The van der Waals surface area contributed by atoms with Gasteiger partial charge in [0, 0.05) is 18.5 Å². The van der Waals surface area contributed by atoms with E-state index in [-0.39, 0.29) is 18.9 Å². The highest BCUT2D eigenvalue weighted by molar-refractivity contribution is 5.98. The van der Waals surface area contributed by atoms with Gasteiger partial charge in [0.1, 0.15) is 6.04 Å². The Morgan fingerprint density at radius 1 is 1.37 bits per heavy atom. The fourth-order valence-corrected chi connectivity index (χ4v) is 2.46. The summed E-state index contributed by atoms with van der Waals surface area (Å²) in [5.41, 5.74) is 1.41. The average Bonchev–Trinajstić information content (AvgIpc) is 2.80. The number of carbonyl (C=O) groups is 2. The highest BCUT2D eigenvalue weighted by Gasteiger charge is 2.39. The molecule has 19 heavy (non-hydrogen) atoms. The number of hydrogen-bond acceptors (Lipinski definition) is 3. The molecule has 0 bridgehead atoms. The third-order valence-electron chi connectivity index (χ3n) is 3.45. The SMILES string of the molecule is CCc1ccccc1C(=O)N1C[C@@H](O)C[C@H]1C(=O)O. The molecule has 0 radical (unpaired) electrons. The van der Waals surface area contributed by atoms with Crippen molar-refractivity contribution < 1.29 is 19.8 Å². The first-order chi connectivity index (χ1) is 9.04. The van der Waals surface area contributed by atoms with Crippen LogP contribution in [0.4, 0.5) is 0 Å². The fourth-order valence-electron chi connectivity index (χ4n) is 2.46. The van der Waals surface area contributed by atoms with Crippen LogP contribution in [-0.2, 0) is 11.2 Å². The van der Waals surface area contributed by atoms with Crippen LogP contribution in [0.2, 0.25) is 0 Å². The first kappa shape index (κ1) is 13.5. The maximum Gasteiger partial charge on any atom is 0.326 e. The zero-order valence-corrected chi connectivity index (χ0v) is 10.7. The van der Waals surface area contributed by atoms with Crippen molar-refractivity contribution in [2.24, 2.45) is 0 Å². The molecule has 0 aliphatic carbocycles. The molecule has 1 aliphatic rings. The van der Waals surface area contributed by atoms with Crippen LogP contribution >= 0.6 is 0 Å². The van der Waals surface area contributed by atoms with E-state index in [1.54, 1.807) is 12.1 Å². The van der Waals surface area contributed by atoms with Gasteiger partial charge in [0.25, 0.3) is 5.91 Å². The van der Waals surface area contributed by atoms with Gasteiger partial charge in [-0.25, -0.2) is 4.79 Å². The Bertz CT molecular complexity index is 500. The molecule has 1 heterocycles. The topological polar surface area (TPSA) is 77.8 Å². The number of carboxylic acid groups (broad SMARTS) is 1. The van der Waals surface area contributed by atoms with Gasteiger partial charge >= 0.3 is 5.97 Å². The highest BCUT2D eigenvalue weighted by atomic mass is 16.4. The Kier molecular flexibility index (Phi) is 3.85. The Hall–Kier alpha value is -1.88.